The fraction of sp³-hybridized carbons (Fsp3) is 0.100. The van der Waals surface area contributed by atoms with Gasteiger partial charge in [-0.2, -0.15) is 0 Å². The monoisotopic (exact) mass is 175 g/mol. The Labute approximate surface area is 74.8 Å². The van der Waals surface area contributed by atoms with Crippen molar-refractivity contribution in [2.75, 3.05) is 5.73 Å². The van der Waals surface area contributed by atoms with E-state index in [1.54, 1.807) is 25.1 Å². The third-order valence-electron chi connectivity index (χ3n) is 1.97. The molecular formula is C10H9NO2. The maximum absolute atomic E-state index is 11.5. The highest BCUT2D eigenvalue weighted by Gasteiger charge is 2.02. The van der Waals surface area contributed by atoms with Crippen molar-refractivity contribution in [2.24, 2.45) is 0 Å². The Hall–Kier alpha value is -1.77. The molecule has 0 bridgehead atoms. The van der Waals surface area contributed by atoms with Crippen LogP contribution in [-0.4, -0.2) is 0 Å². The molecule has 3 nitrogen and oxygen atoms in total. The summed E-state index contributed by atoms with van der Waals surface area (Å²) in [6, 6.07) is 5.03. The fourth-order valence-corrected chi connectivity index (χ4v) is 1.24. The van der Waals surface area contributed by atoms with Crippen molar-refractivity contribution in [1.82, 2.24) is 0 Å². The molecule has 1 heterocycles. The van der Waals surface area contributed by atoms with Crippen molar-refractivity contribution >= 4 is 16.7 Å². The number of nitrogen functional groups attached to an aromatic ring is 1. The highest BCUT2D eigenvalue weighted by molar-refractivity contribution is 5.79. The Balaban J connectivity index is 2.95. The van der Waals surface area contributed by atoms with Crippen LogP contribution in [0.25, 0.3) is 11.0 Å². The van der Waals surface area contributed by atoms with E-state index in [2.05, 4.69) is 0 Å². The summed E-state index contributed by atoms with van der Waals surface area (Å²) >= 11 is 0. The van der Waals surface area contributed by atoms with Gasteiger partial charge in [0, 0.05) is 17.3 Å². The zero-order chi connectivity index (χ0) is 9.42. The molecule has 0 aliphatic rings. The minimum Gasteiger partial charge on any atom is -0.464 e. The van der Waals surface area contributed by atoms with E-state index in [0.29, 0.717) is 22.2 Å². The molecule has 0 saturated heterocycles. The summed E-state index contributed by atoms with van der Waals surface area (Å²) in [5.41, 5.74) is 7.29. The number of fused-ring (bicyclic) bond motifs is 1. The molecule has 0 spiro atoms. The Morgan fingerprint density at radius 2 is 2.15 bits per heavy atom. The van der Waals surface area contributed by atoms with Crippen LogP contribution < -0.4 is 11.2 Å². The van der Waals surface area contributed by atoms with Crippen LogP contribution in [0, 0.1) is 6.92 Å². The molecular weight excluding hydrogens is 166 g/mol. The number of hydrogen-bond acceptors (Lipinski definition) is 3. The topological polar surface area (TPSA) is 56.2 Å². The van der Waals surface area contributed by atoms with Crippen LogP contribution >= 0.6 is 0 Å². The highest BCUT2D eigenvalue weighted by Crippen LogP contribution is 2.14. The van der Waals surface area contributed by atoms with Gasteiger partial charge in [0.15, 0.2) is 5.43 Å². The first-order valence-electron chi connectivity index (χ1n) is 3.96. The molecule has 1 aromatic carbocycles. The fourth-order valence-electron chi connectivity index (χ4n) is 1.24. The molecule has 1 aromatic heterocycles. The van der Waals surface area contributed by atoms with Gasteiger partial charge in [-0.25, -0.2) is 0 Å². The van der Waals surface area contributed by atoms with Crippen LogP contribution in [0.3, 0.4) is 0 Å². The lowest BCUT2D eigenvalue weighted by atomic mass is 10.2. The minimum atomic E-state index is 0.00116. The second-order valence-corrected chi connectivity index (χ2v) is 3.00. The summed E-state index contributed by atoms with van der Waals surface area (Å²) in [5, 5.41) is 0.578. The van der Waals surface area contributed by atoms with Crippen LogP contribution in [0.15, 0.2) is 33.7 Å². The second kappa shape index (κ2) is 2.62. The largest absolute Gasteiger partial charge is 0.464 e. The van der Waals surface area contributed by atoms with Crippen molar-refractivity contribution < 1.29 is 4.42 Å². The summed E-state index contributed by atoms with van der Waals surface area (Å²) in [7, 11) is 0. The Morgan fingerprint density at radius 3 is 2.92 bits per heavy atom. The predicted octanol–water partition coefficient (Wildman–Crippen LogP) is 1.68. The smallest absolute Gasteiger partial charge is 0.195 e. The van der Waals surface area contributed by atoms with E-state index in [1.807, 2.05) is 0 Å². The quantitative estimate of drug-likeness (QED) is 0.620. The van der Waals surface area contributed by atoms with Gasteiger partial charge in [0.2, 0.25) is 0 Å². The summed E-state index contributed by atoms with van der Waals surface area (Å²) in [6.45, 7) is 1.72. The van der Waals surface area contributed by atoms with Gasteiger partial charge in [0.05, 0.1) is 11.6 Å². The third-order valence-corrected chi connectivity index (χ3v) is 1.97. The maximum atomic E-state index is 11.5. The van der Waals surface area contributed by atoms with Gasteiger partial charge in [0.1, 0.15) is 5.58 Å². The zero-order valence-electron chi connectivity index (χ0n) is 7.20. The van der Waals surface area contributed by atoms with Crippen LogP contribution in [0.4, 0.5) is 5.69 Å². The predicted molar refractivity (Wildman–Crippen MR) is 51.6 cm³/mol. The second-order valence-electron chi connectivity index (χ2n) is 3.00. The molecule has 2 rings (SSSR count). The van der Waals surface area contributed by atoms with Crippen LogP contribution in [0.2, 0.25) is 0 Å². The Kier molecular flexibility index (Phi) is 1.59. The first-order valence-corrected chi connectivity index (χ1v) is 3.96. The van der Waals surface area contributed by atoms with E-state index < -0.39 is 0 Å². The van der Waals surface area contributed by atoms with Gasteiger partial charge in [-0.3, -0.25) is 4.79 Å². The molecule has 0 radical (unpaired) electrons. The lowest BCUT2D eigenvalue weighted by Crippen LogP contribution is -2.04. The van der Waals surface area contributed by atoms with Crippen molar-refractivity contribution in [3.63, 3.8) is 0 Å². The van der Waals surface area contributed by atoms with E-state index in [9.17, 15) is 4.79 Å². The van der Waals surface area contributed by atoms with Gasteiger partial charge < -0.3 is 10.2 Å². The van der Waals surface area contributed by atoms with E-state index in [0.717, 1.165) is 0 Å². The van der Waals surface area contributed by atoms with Crippen LogP contribution in [0.1, 0.15) is 5.56 Å². The highest BCUT2D eigenvalue weighted by atomic mass is 16.3. The summed E-state index contributed by atoms with van der Waals surface area (Å²) in [6.07, 6.45) is 1.45. The van der Waals surface area contributed by atoms with Crippen molar-refractivity contribution in [2.45, 2.75) is 6.92 Å². The molecule has 13 heavy (non-hydrogen) atoms. The lowest BCUT2D eigenvalue weighted by Gasteiger charge is -1.98. The third kappa shape index (κ3) is 1.18. The molecule has 0 saturated carbocycles. The average molecular weight is 175 g/mol. The Bertz CT molecular complexity index is 514. The van der Waals surface area contributed by atoms with E-state index in [1.165, 1.54) is 6.26 Å². The van der Waals surface area contributed by atoms with E-state index >= 15 is 0 Å². The standard InChI is InChI=1S/C10H9NO2/c1-6-5-13-9-4-7(11)2-3-8(9)10(6)12/h2-5H,11H2,1H3. The number of anilines is 1. The van der Waals surface area contributed by atoms with Gasteiger partial charge in [-0.05, 0) is 19.1 Å². The lowest BCUT2D eigenvalue weighted by molar-refractivity contribution is 0.597. The maximum Gasteiger partial charge on any atom is 0.195 e. The molecule has 0 aliphatic heterocycles. The molecule has 0 unspecified atom stereocenters. The number of rotatable bonds is 0. The zero-order valence-corrected chi connectivity index (χ0v) is 7.20. The number of nitrogens with two attached hydrogens (primary N) is 1. The molecule has 66 valence electrons. The first kappa shape index (κ1) is 7.86. The Morgan fingerprint density at radius 1 is 1.38 bits per heavy atom. The summed E-state index contributed by atoms with van der Waals surface area (Å²) in [4.78, 5) is 11.5. The van der Waals surface area contributed by atoms with Crippen LogP contribution in [0.5, 0.6) is 0 Å². The number of hydrogen-bond donors (Lipinski definition) is 1. The average Bonchev–Trinajstić information content (AvgIpc) is 2.12. The normalized spacial score (nSPS) is 10.5. The van der Waals surface area contributed by atoms with Crippen molar-refractivity contribution in [3.05, 3.63) is 40.2 Å². The van der Waals surface area contributed by atoms with Crippen molar-refractivity contribution in [1.29, 1.82) is 0 Å². The minimum absolute atomic E-state index is 0.00116. The molecule has 0 aliphatic carbocycles. The summed E-state index contributed by atoms with van der Waals surface area (Å²) < 4.78 is 5.22. The molecule has 2 aromatic rings. The molecule has 2 N–H and O–H groups in total. The van der Waals surface area contributed by atoms with Gasteiger partial charge in [0.25, 0.3) is 0 Å². The van der Waals surface area contributed by atoms with Crippen LogP contribution in [-0.2, 0) is 0 Å². The summed E-state index contributed by atoms with van der Waals surface area (Å²) in [5.74, 6) is 0. The number of aryl methyl sites for hydroxylation is 1. The van der Waals surface area contributed by atoms with E-state index in [4.69, 9.17) is 10.2 Å². The molecule has 0 fully saturated rings. The molecule has 0 atom stereocenters. The number of benzene rings is 1. The molecule has 3 heteroatoms. The molecule has 0 amide bonds. The van der Waals surface area contributed by atoms with Crippen molar-refractivity contribution in [3.8, 4) is 0 Å². The van der Waals surface area contributed by atoms with E-state index in [-0.39, 0.29) is 5.43 Å². The van der Waals surface area contributed by atoms with Gasteiger partial charge >= 0.3 is 0 Å². The first-order chi connectivity index (χ1) is 6.18. The van der Waals surface area contributed by atoms with Gasteiger partial charge in [-0.1, -0.05) is 0 Å². The van der Waals surface area contributed by atoms with Gasteiger partial charge in [-0.15, -0.1) is 0 Å². The SMILES string of the molecule is Cc1coc2cc(N)ccc2c1=O.